The van der Waals surface area contributed by atoms with E-state index in [4.69, 9.17) is 0 Å². The van der Waals surface area contributed by atoms with E-state index in [1.165, 1.54) is 23.1 Å². The average Bonchev–Trinajstić information content (AvgIpc) is 3.24. The van der Waals surface area contributed by atoms with E-state index >= 15 is 0 Å². The molecular weight excluding hydrogens is 434 g/mol. The molecule has 0 aliphatic rings. The molecule has 2 aromatic carbocycles. The standard InChI is InChI=1S/C22H19N3O2S3/c1-28-17-9-5-8-16(12-17)23-19(26)14-30-22-24-18-10-11-29-20(18)21(27)25(22)13-15-6-3-2-4-7-15/h2-12H,13-14H2,1H3,(H,23,26). The van der Waals surface area contributed by atoms with Gasteiger partial charge in [0.2, 0.25) is 5.91 Å². The number of rotatable bonds is 7. The summed E-state index contributed by atoms with van der Waals surface area (Å²) < 4.78 is 2.29. The lowest BCUT2D eigenvalue weighted by Gasteiger charge is -2.12. The quantitative estimate of drug-likeness (QED) is 0.317. The first-order valence-corrected chi connectivity index (χ1v) is 12.3. The van der Waals surface area contributed by atoms with Crippen molar-refractivity contribution in [2.45, 2.75) is 16.6 Å². The predicted molar refractivity (Wildman–Crippen MR) is 127 cm³/mol. The van der Waals surface area contributed by atoms with Gasteiger partial charge in [-0.3, -0.25) is 14.2 Å². The third-order valence-electron chi connectivity index (χ3n) is 4.40. The smallest absolute Gasteiger partial charge is 0.272 e. The van der Waals surface area contributed by atoms with Crippen molar-refractivity contribution in [1.82, 2.24) is 9.55 Å². The maximum absolute atomic E-state index is 13.0. The van der Waals surface area contributed by atoms with Gasteiger partial charge in [0.25, 0.3) is 5.56 Å². The highest BCUT2D eigenvalue weighted by molar-refractivity contribution is 7.99. The highest BCUT2D eigenvalue weighted by atomic mass is 32.2. The molecule has 0 saturated carbocycles. The molecular formula is C22H19N3O2S3. The number of amides is 1. The van der Waals surface area contributed by atoms with Gasteiger partial charge in [-0.25, -0.2) is 4.98 Å². The Morgan fingerprint density at radius 3 is 2.77 bits per heavy atom. The van der Waals surface area contributed by atoms with Gasteiger partial charge >= 0.3 is 0 Å². The Morgan fingerprint density at radius 2 is 1.97 bits per heavy atom. The molecule has 4 rings (SSSR count). The minimum absolute atomic E-state index is 0.0746. The number of nitrogens with one attached hydrogen (secondary N) is 1. The minimum Gasteiger partial charge on any atom is -0.325 e. The van der Waals surface area contributed by atoms with Crippen LogP contribution in [0.4, 0.5) is 5.69 Å². The van der Waals surface area contributed by atoms with Crippen molar-refractivity contribution in [2.24, 2.45) is 0 Å². The maximum atomic E-state index is 13.0. The molecule has 0 aliphatic heterocycles. The summed E-state index contributed by atoms with van der Waals surface area (Å²) in [5.41, 5.74) is 2.37. The van der Waals surface area contributed by atoms with E-state index in [2.05, 4.69) is 10.3 Å². The van der Waals surface area contributed by atoms with Crippen molar-refractivity contribution in [1.29, 1.82) is 0 Å². The molecule has 2 heterocycles. The van der Waals surface area contributed by atoms with Crippen LogP contribution < -0.4 is 10.9 Å². The monoisotopic (exact) mass is 453 g/mol. The molecule has 152 valence electrons. The number of fused-ring (bicyclic) bond motifs is 1. The van der Waals surface area contributed by atoms with Crippen molar-refractivity contribution < 1.29 is 4.79 Å². The molecule has 0 atom stereocenters. The third-order valence-corrected chi connectivity index (χ3v) is 6.99. The van der Waals surface area contributed by atoms with Gasteiger partial charge in [-0.2, -0.15) is 0 Å². The Kier molecular flexibility index (Phi) is 6.56. The van der Waals surface area contributed by atoms with Crippen LogP contribution in [-0.2, 0) is 11.3 Å². The zero-order valence-corrected chi connectivity index (χ0v) is 18.7. The molecule has 0 spiro atoms. The second-order valence-corrected chi connectivity index (χ2v) is 9.21. The SMILES string of the molecule is CSc1cccc(NC(=O)CSc2nc3ccsc3c(=O)n2Cc2ccccc2)c1. The minimum atomic E-state index is -0.135. The number of anilines is 1. The maximum Gasteiger partial charge on any atom is 0.272 e. The first-order chi connectivity index (χ1) is 14.6. The fourth-order valence-corrected chi connectivity index (χ4v) is 5.00. The first-order valence-electron chi connectivity index (χ1n) is 9.23. The molecule has 0 radical (unpaired) electrons. The Bertz CT molecular complexity index is 1240. The van der Waals surface area contributed by atoms with E-state index in [1.54, 1.807) is 16.3 Å². The lowest BCUT2D eigenvalue weighted by molar-refractivity contribution is -0.113. The molecule has 4 aromatic rings. The number of aromatic nitrogens is 2. The molecule has 2 aromatic heterocycles. The number of thioether (sulfide) groups is 2. The molecule has 5 nitrogen and oxygen atoms in total. The normalized spacial score (nSPS) is 11.0. The van der Waals surface area contributed by atoms with Crippen LogP contribution in [-0.4, -0.2) is 27.5 Å². The van der Waals surface area contributed by atoms with E-state index in [0.29, 0.717) is 21.9 Å². The van der Waals surface area contributed by atoms with Gasteiger partial charge in [-0.1, -0.05) is 48.2 Å². The van der Waals surface area contributed by atoms with Gasteiger partial charge < -0.3 is 5.32 Å². The fourth-order valence-electron chi connectivity index (χ4n) is 2.97. The zero-order valence-electron chi connectivity index (χ0n) is 16.2. The molecule has 0 aliphatic carbocycles. The number of thiophene rings is 1. The van der Waals surface area contributed by atoms with Crippen LogP contribution in [0.15, 0.2) is 80.9 Å². The largest absolute Gasteiger partial charge is 0.325 e. The molecule has 0 bridgehead atoms. The van der Waals surface area contributed by atoms with Crippen LogP contribution in [0.2, 0.25) is 0 Å². The van der Waals surface area contributed by atoms with Crippen molar-refractivity contribution in [2.75, 3.05) is 17.3 Å². The topological polar surface area (TPSA) is 64.0 Å². The summed E-state index contributed by atoms with van der Waals surface area (Å²) in [4.78, 5) is 31.3. The van der Waals surface area contributed by atoms with Gasteiger partial charge in [0.1, 0.15) is 4.70 Å². The summed E-state index contributed by atoms with van der Waals surface area (Å²) >= 11 is 4.29. The van der Waals surface area contributed by atoms with E-state index in [1.807, 2.05) is 72.3 Å². The van der Waals surface area contributed by atoms with Gasteiger partial charge in [-0.05, 0) is 41.5 Å². The summed E-state index contributed by atoms with van der Waals surface area (Å²) in [6.45, 7) is 0.417. The van der Waals surface area contributed by atoms with Crippen LogP contribution in [0.3, 0.4) is 0 Å². The fraction of sp³-hybridized carbons (Fsp3) is 0.136. The summed E-state index contributed by atoms with van der Waals surface area (Å²) in [6.07, 6.45) is 2.00. The van der Waals surface area contributed by atoms with Crippen LogP contribution in [0.1, 0.15) is 5.56 Å². The molecule has 1 N–H and O–H groups in total. The van der Waals surface area contributed by atoms with Crippen molar-refractivity contribution >= 4 is 56.7 Å². The van der Waals surface area contributed by atoms with Crippen molar-refractivity contribution in [3.63, 3.8) is 0 Å². The molecule has 0 saturated heterocycles. The number of hydrogen-bond acceptors (Lipinski definition) is 6. The molecule has 1 amide bonds. The van der Waals surface area contributed by atoms with Gasteiger partial charge in [0.05, 0.1) is 17.8 Å². The molecule has 30 heavy (non-hydrogen) atoms. The molecule has 0 unspecified atom stereocenters. The van der Waals surface area contributed by atoms with Gasteiger partial charge in [-0.15, -0.1) is 23.1 Å². The van der Waals surface area contributed by atoms with Gasteiger partial charge in [0.15, 0.2) is 5.16 Å². The summed E-state index contributed by atoms with van der Waals surface area (Å²) in [6, 6.07) is 19.3. The summed E-state index contributed by atoms with van der Waals surface area (Å²) in [7, 11) is 0. The highest BCUT2D eigenvalue weighted by Crippen LogP contribution is 2.23. The van der Waals surface area contributed by atoms with Crippen LogP contribution in [0, 0.1) is 0 Å². The second-order valence-electron chi connectivity index (χ2n) is 6.48. The molecule has 8 heteroatoms. The lowest BCUT2D eigenvalue weighted by Crippen LogP contribution is -2.24. The first kappa shape index (κ1) is 20.7. The summed E-state index contributed by atoms with van der Waals surface area (Å²) in [5, 5.41) is 5.33. The van der Waals surface area contributed by atoms with E-state index in [-0.39, 0.29) is 17.2 Å². The average molecular weight is 454 g/mol. The second kappa shape index (κ2) is 9.51. The zero-order chi connectivity index (χ0) is 20.9. The van der Waals surface area contributed by atoms with Crippen LogP contribution >= 0.6 is 34.9 Å². The predicted octanol–water partition coefficient (Wildman–Crippen LogP) is 4.96. The van der Waals surface area contributed by atoms with Crippen LogP contribution in [0.5, 0.6) is 0 Å². The Hall–Kier alpha value is -2.55. The third kappa shape index (κ3) is 4.77. The van der Waals surface area contributed by atoms with Gasteiger partial charge in [0, 0.05) is 10.6 Å². The number of nitrogens with zero attached hydrogens (tertiary/aromatic N) is 2. The Labute approximate surface area is 186 Å². The number of carbonyl (C=O) groups is 1. The van der Waals surface area contributed by atoms with Crippen LogP contribution in [0.25, 0.3) is 10.2 Å². The molecule has 0 fully saturated rings. The van der Waals surface area contributed by atoms with E-state index < -0.39 is 0 Å². The lowest BCUT2D eigenvalue weighted by atomic mass is 10.2. The Morgan fingerprint density at radius 1 is 1.13 bits per heavy atom. The highest BCUT2D eigenvalue weighted by Gasteiger charge is 2.15. The van der Waals surface area contributed by atoms with Crippen molar-refractivity contribution in [3.05, 3.63) is 82.0 Å². The summed E-state index contributed by atoms with van der Waals surface area (Å²) in [5.74, 6) is 0.0320. The van der Waals surface area contributed by atoms with E-state index in [9.17, 15) is 9.59 Å². The number of hydrogen-bond donors (Lipinski definition) is 1. The number of carbonyl (C=O) groups excluding carboxylic acids is 1. The number of benzene rings is 2. The van der Waals surface area contributed by atoms with Crippen molar-refractivity contribution in [3.8, 4) is 0 Å². The van der Waals surface area contributed by atoms with E-state index in [0.717, 1.165) is 16.1 Å². The Balaban J connectivity index is 1.56.